The molecule has 3 N–H and O–H groups in total. The third-order valence-electron chi connectivity index (χ3n) is 1.43. The number of aryl methyl sites for hydroxylation is 1. The molecular formula is C7H13N2NaO. The molecule has 0 aliphatic heterocycles. The van der Waals surface area contributed by atoms with Gasteiger partial charge in [-0.2, -0.15) is 0 Å². The van der Waals surface area contributed by atoms with Gasteiger partial charge in [-0.3, -0.25) is 0 Å². The van der Waals surface area contributed by atoms with E-state index in [4.69, 9.17) is 5.73 Å². The summed E-state index contributed by atoms with van der Waals surface area (Å²) in [5.41, 5.74) is 6.65. The number of nitrogens with zero attached hydrogens (tertiary/aromatic N) is 1. The summed E-state index contributed by atoms with van der Waals surface area (Å²) in [6.07, 6.45) is 2.04. The first-order chi connectivity index (χ1) is 4.34. The average Bonchev–Trinajstić information content (AvgIpc) is 2.18. The Bertz CT molecular complexity index is 188. The number of hydrogen-bond donors (Lipinski definition) is 1. The van der Waals surface area contributed by atoms with Gasteiger partial charge in [-0.25, -0.2) is 0 Å². The molecule has 58 valence electrons. The minimum atomic E-state index is 0. The van der Waals surface area contributed by atoms with Crippen molar-refractivity contribution in [3.05, 3.63) is 24.0 Å². The van der Waals surface area contributed by atoms with Crippen molar-refractivity contribution in [3.8, 4) is 0 Å². The van der Waals surface area contributed by atoms with Crippen molar-refractivity contribution in [3.63, 3.8) is 0 Å². The van der Waals surface area contributed by atoms with Gasteiger partial charge in [0.05, 0.1) is 0 Å². The van der Waals surface area contributed by atoms with Crippen LogP contribution in [0.3, 0.4) is 0 Å². The SMILES string of the molecule is Cc1cccn1CCN.[Na+].[OH-]. The van der Waals surface area contributed by atoms with Crippen LogP contribution in [-0.2, 0) is 6.54 Å². The summed E-state index contributed by atoms with van der Waals surface area (Å²) in [7, 11) is 0. The van der Waals surface area contributed by atoms with Gasteiger partial charge in [-0.1, -0.05) is 0 Å². The predicted molar refractivity (Wildman–Crippen MR) is 40.2 cm³/mol. The fourth-order valence-electron chi connectivity index (χ4n) is 0.889. The third-order valence-corrected chi connectivity index (χ3v) is 1.43. The Morgan fingerprint density at radius 3 is 2.55 bits per heavy atom. The summed E-state index contributed by atoms with van der Waals surface area (Å²) in [5.74, 6) is 0. The van der Waals surface area contributed by atoms with E-state index in [9.17, 15) is 0 Å². The van der Waals surface area contributed by atoms with Gasteiger partial charge in [0.1, 0.15) is 0 Å². The summed E-state index contributed by atoms with van der Waals surface area (Å²) < 4.78 is 2.14. The molecule has 0 saturated carbocycles. The van der Waals surface area contributed by atoms with Crippen molar-refractivity contribution in [2.75, 3.05) is 6.54 Å². The van der Waals surface area contributed by atoms with Crippen molar-refractivity contribution in [1.29, 1.82) is 0 Å². The summed E-state index contributed by atoms with van der Waals surface area (Å²) >= 11 is 0. The number of nitrogens with two attached hydrogens (primary N) is 1. The van der Waals surface area contributed by atoms with Gasteiger partial charge in [0, 0.05) is 25.0 Å². The van der Waals surface area contributed by atoms with Crippen molar-refractivity contribution >= 4 is 0 Å². The molecule has 0 bridgehead atoms. The van der Waals surface area contributed by atoms with Gasteiger partial charge in [-0.15, -0.1) is 0 Å². The normalized spacial score (nSPS) is 8.18. The molecular weight excluding hydrogens is 151 g/mol. The van der Waals surface area contributed by atoms with Gasteiger partial charge in [0.25, 0.3) is 0 Å². The van der Waals surface area contributed by atoms with E-state index in [0.717, 1.165) is 13.1 Å². The smallest absolute Gasteiger partial charge is 0.870 e. The second-order valence-electron chi connectivity index (χ2n) is 2.13. The predicted octanol–water partition coefficient (Wildman–Crippen LogP) is -2.42. The molecule has 1 rings (SSSR count). The van der Waals surface area contributed by atoms with Crippen molar-refractivity contribution in [2.45, 2.75) is 13.5 Å². The Morgan fingerprint density at radius 2 is 2.18 bits per heavy atom. The monoisotopic (exact) mass is 164 g/mol. The second kappa shape index (κ2) is 6.88. The summed E-state index contributed by atoms with van der Waals surface area (Å²) in [5, 5.41) is 0. The van der Waals surface area contributed by atoms with Crippen molar-refractivity contribution < 1.29 is 35.0 Å². The Morgan fingerprint density at radius 1 is 1.55 bits per heavy atom. The first-order valence-corrected chi connectivity index (χ1v) is 3.16. The topological polar surface area (TPSA) is 61.0 Å². The third kappa shape index (κ3) is 3.94. The van der Waals surface area contributed by atoms with Gasteiger partial charge >= 0.3 is 29.6 Å². The van der Waals surface area contributed by atoms with E-state index in [2.05, 4.69) is 17.6 Å². The van der Waals surface area contributed by atoms with E-state index in [1.165, 1.54) is 5.69 Å². The van der Waals surface area contributed by atoms with Crippen LogP contribution in [0.15, 0.2) is 18.3 Å². The first kappa shape index (κ1) is 13.8. The van der Waals surface area contributed by atoms with E-state index in [0.29, 0.717) is 0 Å². The Balaban J connectivity index is 0. The van der Waals surface area contributed by atoms with Gasteiger partial charge in [-0.05, 0) is 19.1 Å². The molecule has 3 nitrogen and oxygen atoms in total. The molecule has 4 heteroatoms. The van der Waals surface area contributed by atoms with Crippen LogP contribution in [0.2, 0.25) is 0 Å². The van der Waals surface area contributed by atoms with E-state index in [1.807, 2.05) is 12.3 Å². The van der Waals surface area contributed by atoms with Crippen LogP contribution in [-0.4, -0.2) is 16.6 Å². The summed E-state index contributed by atoms with van der Waals surface area (Å²) in [6, 6.07) is 4.11. The molecule has 0 atom stereocenters. The van der Waals surface area contributed by atoms with Crippen LogP contribution < -0.4 is 35.3 Å². The van der Waals surface area contributed by atoms with Crippen molar-refractivity contribution in [1.82, 2.24) is 4.57 Å². The van der Waals surface area contributed by atoms with Crippen LogP contribution in [0.1, 0.15) is 5.69 Å². The standard InChI is InChI=1S/C7H12N2.Na.H2O/c1-7-3-2-5-9(7)6-4-8;;/h2-3,5H,4,6,8H2,1H3;;1H2/q;+1;/p-1. The Hall–Kier alpha value is 0.200. The fraction of sp³-hybridized carbons (Fsp3) is 0.429. The van der Waals surface area contributed by atoms with Crippen LogP contribution in [0.5, 0.6) is 0 Å². The van der Waals surface area contributed by atoms with Gasteiger partial charge in [0.15, 0.2) is 0 Å². The summed E-state index contributed by atoms with van der Waals surface area (Å²) in [6.45, 7) is 3.73. The maximum absolute atomic E-state index is 5.37. The molecule has 1 heterocycles. The van der Waals surface area contributed by atoms with E-state index in [-0.39, 0.29) is 35.0 Å². The molecule has 1 aromatic rings. The van der Waals surface area contributed by atoms with Gasteiger partial charge < -0.3 is 15.8 Å². The molecule has 0 saturated heterocycles. The molecule has 0 aliphatic carbocycles. The van der Waals surface area contributed by atoms with Crippen molar-refractivity contribution in [2.24, 2.45) is 5.73 Å². The molecule has 0 radical (unpaired) electrons. The second-order valence-corrected chi connectivity index (χ2v) is 2.13. The number of aromatic nitrogens is 1. The average molecular weight is 164 g/mol. The molecule has 0 spiro atoms. The maximum Gasteiger partial charge on any atom is 1.00 e. The van der Waals surface area contributed by atoms with E-state index >= 15 is 0 Å². The first-order valence-electron chi connectivity index (χ1n) is 3.16. The Kier molecular flexibility index (Phi) is 8.61. The molecule has 0 amide bonds. The quantitative estimate of drug-likeness (QED) is 0.495. The minimum absolute atomic E-state index is 0. The maximum atomic E-state index is 5.37. The van der Waals surface area contributed by atoms with E-state index in [1.54, 1.807) is 0 Å². The molecule has 0 fully saturated rings. The zero-order chi connectivity index (χ0) is 6.69. The van der Waals surface area contributed by atoms with Crippen LogP contribution >= 0.6 is 0 Å². The van der Waals surface area contributed by atoms with Crippen LogP contribution in [0.4, 0.5) is 0 Å². The zero-order valence-electron chi connectivity index (χ0n) is 7.12. The molecule has 0 aliphatic rings. The summed E-state index contributed by atoms with van der Waals surface area (Å²) in [4.78, 5) is 0. The molecule has 0 unspecified atom stereocenters. The van der Waals surface area contributed by atoms with Crippen LogP contribution in [0.25, 0.3) is 0 Å². The fourth-order valence-corrected chi connectivity index (χ4v) is 0.889. The number of rotatable bonds is 2. The Labute approximate surface area is 89.2 Å². The molecule has 0 aromatic carbocycles. The minimum Gasteiger partial charge on any atom is -0.870 e. The molecule has 11 heavy (non-hydrogen) atoms. The van der Waals surface area contributed by atoms with Crippen LogP contribution in [0, 0.1) is 6.92 Å². The van der Waals surface area contributed by atoms with E-state index < -0.39 is 0 Å². The van der Waals surface area contributed by atoms with Gasteiger partial charge in [0.2, 0.25) is 0 Å². The largest absolute Gasteiger partial charge is 1.00 e. The zero-order valence-corrected chi connectivity index (χ0v) is 9.12. The number of hydrogen-bond acceptors (Lipinski definition) is 2. The molecule has 1 aromatic heterocycles.